The minimum atomic E-state index is -0.108. The average molecular weight is 314 g/mol. The molecule has 1 fully saturated rings. The first-order chi connectivity index (χ1) is 11.2. The lowest BCUT2D eigenvalue weighted by Gasteiger charge is -2.30. The SMILES string of the molecule is Cc1cc(C(=O)N(Cc2ccccn2)C2CCCNCC2)on1. The van der Waals surface area contributed by atoms with Crippen LogP contribution in [0.1, 0.15) is 41.2 Å². The van der Waals surface area contributed by atoms with Gasteiger partial charge in [-0.1, -0.05) is 11.2 Å². The van der Waals surface area contributed by atoms with Crippen LogP contribution in [-0.2, 0) is 6.54 Å². The van der Waals surface area contributed by atoms with Gasteiger partial charge in [0.1, 0.15) is 0 Å². The summed E-state index contributed by atoms with van der Waals surface area (Å²) in [6.07, 6.45) is 4.74. The molecule has 1 unspecified atom stereocenters. The molecule has 0 spiro atoms. The van der Waals surface area contributed by atoms with E-state index in [9.17, 15) is 4.79 Å². The molecular weight excluding hydrogens is 292 g/mol. The average Bonchev–Trinajstić information content (AvgIpc) is 2.84. The van der Waals surface area contributed by atoms with Crippen LogP contribution < -0.4 is 5.32 Å². The molecule has 6 nitrogen and oxygen atoms in total. The summed E-state index contributed by atoms with van der Waals surface area (Å²) in [4.78, 5) is 19.2. The third kappa shape index (κ3) is 3.96. The summed E-state index contributed by atoms with van der Waals surface area (Å²) >= 11 is 0. The van der Waals surface area contributed by atoms with Gasteiger partial charge in [0.25, 0.3) is 5.91 Å². The van der Waals surface area contributed by atoms with Crippen molar-refractivity contribution < 1.29 is 9.32 Å². The molecule has 122 valence electrons. The van der Waals surface area contributed by atoms with E-state index in [1.165, 1.54) is 0 Å². The lowest BCUT2D eigenvalue weighted by molar-refractivity contribution is 0.0599. The number of aryl methyl sites for hydroxylation is 1. The molecule has 6 heteroatoms. The second-order valence-electron chi connectivity index (χ2n) is 5.92. The number of amides is 1. The van der Waals surface area contributed by atoms with Crippen LogP contribution in [0.25, 0.3) is 0 Å². The molecule has 3 rings (SSSR count). The molecule has 1 saturated heterocycles. The van der Waals surface area contributed by atoms with Crippen molar-refractivity contribution in [2.75, 3.05) is 13.1 Å². The normalized spacial score (nSPS) is 18.4. The van der Waals surface area contributed by atoms with Crippen LogP contribution in [0.3, 0.4) is 0 Å². The summed E-state index contributed by atoms with van der Waals surface area (Å²) in [5.74, 6) is 0.193. The molecular formula is C17H22N4O2. The summed E-state index contributed by atoms with van der Waals surface area (Å²) in [5, 5.41) is 7.23. The van der Waals surface area contributed by atoms with E-state index in [-0.39, 0.29) is 11.9 Å². The van der Waals surface area contributed by atoms with Crippen molar-refractivity contribution in [3.05, 3.63) is 47.6 Å². The maximum Gasteiger partial charge on any atom is 0.293 e. The highest BCUT2D eigenvalue weighted by atomic mass is 16.5. The van der Waals surface area contributed by atoms with E-state index in [4.69, 9.17) is 4.52 Å². The van der Waals surface area contributed by atoms with Crippen molar-refractivity contribution in [1.82, 2.24) is 20.4 Å². The van der Waals surface area contributed by atoms with Crippen molar-refractivity contribution in [3.63, 3.8) is 0 Å². The molecule has 0 aliphatic carbocycles. The largest absolute Gasteiger partial charge is 0.351 e. The molecule has 0 saturated carbocycles. The fourth-order valence-electron chi connectivity index (χ4n) is 2.95. The maximum absolute atomic E-state index is 12.9. The standard InChI is InChI=1S/C17H22N4O2/c1-13-11-16(23-20-13)17(22)21(12-14-5-2-3-9-19-14)15-6-4-8-18-10-7-15/h2-3,5,9,11,15,18H,4,6-8,10,12H2,1H3. The predicted molar refractivity (Wildman–Crippen MR) is 85.9 cm³/mol. The summed E-state index contributed by atoms with van der Waals surface area (Å²) in [6, 6.07) is 7.65. The Hall–Kier alpha value is -2.21. The van der Waals surface area contributed by atoms with Gasteiger partial charge in [-0.15, -0.1) is 0 Å². The van der Waals surface area contributed by atoms with Gasteiger partial charge in [0.05, 0.1) is 17.9 Å². The van der Waals surface area contributed by atoms with E-state index >= 15 is 0 Å². The molecule has 1 aliphatic heterocycles. The van der Waals surface area contributed by atoms with Gasteiger partial charge in [0, 0.05) is 18.3 Å². The van der Waals surface area contributed by atoms with Crippen LogP contribution in [0.2, 0.25) is 0 Å². The third-order valence-electron chi connectivity index (χ3n) is 4.14. The van der Waals surface area contributed by atoms with Gasteiger partial charge in [-0.05, 0) is 51.4 Å². The number of hydrogen-bond donors (Lipinski definition) is 1. The molecule has 0 radical (unpaired) electrons. The predicted octanol–water partition coefficient (Wildman–Crippen LogP) is 2.16. The summed E-state index contributed by atoms with van der Waals surface area (Å²) in [6.45, 7) is 4.23. The zero-order valence-corrected chi connectivity index (χ0v) is 13.4. The minimum absolute atomic E-state index is 0.108. The number of nitrogens with zero attached hydrogens (tertiary/aromatic N) is 3. The van der Waals surface area contributed by atoms with Crippen molar-refractivity contribution in [3.8, 4) is 0 Å². The fourth-order valence-corrected chi connectivity index (χ4v) is 2.95. The van der Waals surface area contributed by atoms with Gasteiger partial charge in [-0.25, -0.2) is 0 Å². The monoisotopic (exact) mass is 314 g/mol. The smallest absolute Gasteiger partial charge is 0.293 e. The zero-order chi connectivity index (χ0) is 16.1. The minimum Gasteiger partial charge on any atom is -0.351 e. The van der Waals surface area contributed by atoms with Crippen LogP contribution in [0.4, 0.5) is 0 Å². The summed E-state index contributed by atoms with van der Waals surface area (Å²) in [7, 11) is 0. The van der Waals surface area contributed by atoms with Crippen molar-refractivity contribution >= 4 is 5.91 Å². The lowest BCUT2D eigenvalue weighted by atomic mass is 10.1. The Kier molecular flexibility index (Phi) is 5.02. The van der Waals surface area contributed by atoms with Crippen LogP contribution in [0, 0.1) is 6.92 Å². The molecule has 2 aromatic heterocycles. The molecule has 1 N–H and O–H groups in total. The van der Waals surface area contributed by atoms with E-state index < -0.39 is 0 Å². The highest BCUT2D eigenvalue weighted by molar-refractivity contribution is 5.91. The van der Waals surface area contributed by atoms with Crippen molar-refractivity contribution in [2.45, 2.75) is 38.8 Å². The first kappa shape index (κ1) is 15.7. The van der Waals surface area contributed by atoms with Gasteiger partial charge >= 0.3 is 0 Å². The first-order valence-electron chi connectivity index (χ1n) is 8.09. The number of aromatic nitrogens is 2. The third-order valence-corrected chi connectivity index (χ3v) is 4.14. The van der Waals surface area contributed by atoms with E-state index in [2.05, 4.69) is 15.5 Å². The zero-order valence-electron chi connectivity index (χ0n) is 13.4. The Labute approximate surface area is 135 Å². The molecule has 0 aromatic carbocycles. The number of carbonyl (C=O) groups excluding carboxylic acids is 1. The Balaban J connectivity index is 1.84. The van der Waals surface area contributed by atoms with Gasteiger partial charge in [-0.3, -0.25) is 9.78 Å². The molecule has 3 heterocycles. The fraction of sp³-hybridized carbons (Fsp3) is 0.471. The van der Waals surface area contributed by atoms with E-state index in [1.54, 1.807) is 12.3 Å². The number of hydrogen-bond acceptors (Lipinski definition) is 5. The Morgan fingerprint density at radius 3 is 3.04 bits per heavy atom. The Bertz CT molecular complexity index is 633. The molecule has 1 aliphatic rings. The van der Waals surface area contributed by atoms with Gasteiger partial charge in [-0.2, -0.15) is 0 Å². The molecule has 1 amide bonds. The maximum atomic E-state index is 12.9. The molecule has 23 heavy (non-hydrogen) atoms. The number of carbonyl (C=O) groups is 1. The second kappa shape index (κ2) is 7.37. The first-order valence-corrected chi connectivity index (χ1v) is 8.09. The van der Waals surface area contributed by atoms with Gasteiger partial charge < -0.3 is 14.7 Å². The molecule has 0 bridgehead atoms. The molecule has 1 atom stereocenters. The topological polar surface area (TPSA) is 71.3 Å². The van der Waals surface area contributed by atoms with Crippen LogP contribution in [0.5, 0.6) is 0 Å². The second-order valence-corrected chi connectivity index (χ2v) is 5.92. The highest BCUT2D eigenvalue weighted by Gasteiger charge is 2.28. The Morgan fingerprint density at radius 1 is 1.39 bits per heavy atom. The summed E-state index contributed by atoms with van der Waals surface area (Å²) < 4.78 is 5.19. The van der Waals surface area contributed by atoms with E-state index in [0.717, 1.165) is 38.0 Å². The van der Waals surface area contributed by atoms with Crippen LogP contribution in [-0.4, -0.2) is 40.1 Å². The van der Waals surface area contributed by atoms with E-state index in [0.29, 0.717) is 18.0 Å². The lowest BCUT2D eigenvalue weighted by Crippen LogP contribution is -2.40. The Morgan fingerprint density at radius 2 is 2.30 bits per heavy atom. The van der Waals surface area contributed by atoms with Crippen molar-refractivity contribution in [2.24, 2.45) is 0 Å². The number of pyridine rings is 1. The summed E-state index contributed by atoms with van der Waals surface area (Å²) in [5.41, 5.74) is 1.60. The van der Waals surface area contributed by atoms with Gasteiger partial charge in [0.2, 0.25) is 5.76 Å². The van der Waals surface area contributed by atoms with Crippen LogP contribution in [0.15, 0.2) is 35.0 Å². The number of rotatable bonds is 4. The number of nitrogens with one attached hydrogen (secondary N) is 1. The van der Waals surface area contributed by atoms with E-state index in [1.807, 2.05) is 30.0 Å². The van der Waals surface area contributed by atoms with Crippen LogP contribution >= 0.6 is 0 Å². The molecule has 2 aromatic rings. The quantitative estimate of drug-likeness (QED) is 0.936. The van der Waals surface area contributed by atoms with Crippen molar-refractivity contribution in [1.29, 1.82) is 0 Å². The highest BCUT2D eigenvalue weighted by Crippen LogP contribution is 2.19. The van der Waals surface area contributed by atoms with Gasteiger partial charge in [0.15, 0.2) is 0 Å².